The predicted molar refractivity (Wildman–Crippen MR) is 115 cm³/mol. The van der Waals surface area contributed by atoms with Crippen LogP contribution in [0.5, 0.6) is 0 Å². The van der Waals surface area contributed by atoms with Gasteiger partial charge in [0.2, 0.25) is 0 Å². The molecule has 1 aromatic carbocycles. The van der Waals surface area contributed by atoms with Gasteiger partial charge >= 0.3 is 5.97 Å². The number of hydrogen-bond donors (Lipinski definition) is 1. The summed E-state index contributed by atoms with van der Waals surface area (Å²) in [5.74, 6) is 0.120. The first kappa shape index (κ1) is 21.0. The van der Waals surface area contributed by atoms with Crippen molar-refractivity contribution in [1.82, 2.24) is 14.8 Å². The Bertz CT molecular complexity index is 1010. The number of nitrogens with zero attached hydrogens (tertiary/aromatic N) is 4. The van der Waals surface area contributed by atoms with Gasteiger partial charge in [-0.05, 0) is 57.2 Å². The molecule has 8 nitrogen and oxygen atoms in total. The molecule has 0 spiro atoms. The van der Waals surface area contributed by atoms with Crippen LogP contribution < -0.4 is 10.2 Å². The van der Waals surface area contributed by atoms with Gasteiger partial charge < -0.3 is 15.0 Å². The zero-order valence-corrected chi connectivity index (χ0v) is 17.3. The average molecular weight is 407 g/mol. The first-order chi connectivity index (χ1) is 14.5. The number of anilines is 2. The number of aromatic nitrogens is 3. The van der Waals surface area contributed by atoms with Gasteiger partial charge in [0.1, 0.15) is 5.82 Å². The Balaban J connectivity index is 1.72. The Labute approximate surface area is 175 Å². The van der Waals surface area contributed by atoms with Crippen molar-refractivity contribution in [1.29, 1.82) is 0 Å². The van der Waals surface area contributed by atoms with Crippen molar-refractivity contribution in [2.75, 3.05) is 29.9 Å². The predicted octanol–water partition coefficient (Wildman–Crippen LogP) is 3.54. The molecular formula is C22H25N5O3. The van der Waals surface area contributed by atoms with E-state index in [1.165, 1.54) is 0 Å². The number of nitrogens with one attached hydrogen (secondary N) is 1. The maximum absolute atomic E-state index is 12.6. The van der Waals surface area contributed by atoms with Gasteiger partial charge in [-0.15, -0.1) is 0 Å². The molecule has 1 N–H and O–H groups in total. The Morgan fingerprint density at radius 3 is 2.57 bits per heavy atom. The van der Waals surface area contributed by atoms with E-state index in [1.54, 1.807) is 54.3 Å². The highest BCUT2D eigenvalue weighted by atomic mass is 16.5. The van der Waals surface area contributed by atoms with E-state index in [0.29, 0.717) is 16.9 Å². The normalized spacial score (nSPS) is 10.5. The monoisotopic (exact) mass is 407 g/mol. The fraction of sp³-hybridized carbons (Fsp3) is 0.273. The summed E-state index contributed by atoms with van der Waals surface area (Å²) in [6, 6.07) is 12.4. The molecule has 0 radical (unpaired) electrons. The lowest BCUT2D eigenvalue weighted by Crippen LogP contribution is -2.23. The highest BCUT2D eigenvalue weighted by Gasteiger charge is 2.12. The van der Waals surface area contributed by atoms with Crippen LogP contribution >= 0.6 is 0 Å². The molecule has 3 aromatic rings. The standard InChI is InChI=1S/C22H25N5O3/c1-4-26(5-2)20-11-10-16(15-23-20)21(28)24-17-8-7-9-18(14-17)27-13-12-19(25-27)22(29)30-6-3/h7-15H,4-6H2,1-3H3,(H,24,28). The molecule has 0 fully saturated rings. The summed E-state index contributed by atoms with van der Waals surface area (Å²) in [7, 11) is 0. The van der Waals surface area contributed by atoms with E-state index in [0.717, 1.165) is 18.9 Å². The van der Waals surface area contributed by atoms with E-state index in [4.69, 9.17) is 4.74 Å². The molecule has 0 aliphatic carbocycles. The van der Waals surface area contributed by atoms with Crippen LogP contribution in [0, 0.1) is 0 Å². The second-order valence-corrected chi connectivity index (χ2v) is 6.45. The molecule has 3 rings (SSSR count). The van der Waals surface area contributed by atoms with Crippen molar-refractivity contribution in [3.8, 4) is 5.69 Å². The summed E-state index contributed by atoms with van der Waals surface area (Å²) in [5, 5.41) is 7.10. The largest absolute Gasteiger partial charge is 0.461 e. The molecule has 0 aliphatic heterocycles. The maximum Gasteiger partial charge on any atom is 0.358 e. The van der Waals surface area contributed by atoms with Crippen LogP contribution in [0.3, 0.4) is 0 Å². The maximum atomic E-state index is 12.6. The number of ether oxygens (including phenoxy) is 1. The fourth-order valence-corrected chi connectivity index (χ4v) is 2.97. The van der Waals surface area contributed by atoms with Crippen molar-refractivity contribution in [2.45, 2.75) is 20.8 Å². The van der Waals surface area contributed by atoms with Crippen molar-refractivity contribution in [3.05, 3.63) is 66.1 Å². The summed E-state index contributed by atoms with van der Waals surface area (Å²) in [6.45, 7) is 7.87. The quantitative estimate of drug-likeness (QED) is 0.575. The lowest BCUT2D eigenvalue weighted by molar-refractivity contribution is 0.0519. The van der Waals surface area contributed by atoms with Gasteiger partial charge in [-0.1, -0.05) is 6.07 Å². The van der Waals surface area contributed by atoms with E-state index >= 15 is 0 Å². The van der Waals surface area contributed by atoms with Gasteiger partial charge in [-0.2, -0.15) is 5.10 Å². The number of carbonyl (C=O) groups is 2. The highest BCUT2D eigenvalue weighted by molar-refractivity contribution is 6.04. The van der Waals surface area contributed by atoms with Gasteiger partial charge in [0, 0.05) is 31.2 Å². The van der Waals surface area contributed by atoms with Crippen LogP contribution in [-0.4, -0.2) is 46.3 Å². The summed E-state index contributed by atoms with van der Waals surface area (Å²) in [6.07, 6.45) is 3.25. The van der Waals surface area contributed by atoms with Crippen LogP contribution in [0.2, 0.25) is 0 Å². The highest BCUT2D eigenvalue weighted by Crippen LogP contribution is 2.17. The number of carbonyl (C=O) groups excluding carboxylic acids is 2. The van der Waals surface area contributed by atoms with Crippen molar-refractivity contribution >= 4 is 23.4 Å². The molecular weight excluding hydrogens is 382 g/mol. The van der Waals surface area contributed by atoms with Gasteiger partial charge in [-0.25, -0.2) is 14.5 Å². The molecule has 0 atom stereocenters. The SMILES string of the molecule is CCOC(=O)c1ccn(-c2cccc(NC(=O)c3ccc(N(CC)CC)nc3)c2)n1. The average Bonchev–Trinajstić information content (AvgIpc) is 3.26. The summed E-state index contributed by atoms with van der Waals surface area (Å²) in [5.41, 5.74) is 2.02. The molecule has 0 saturated heterocycles. The van der Waals surface area contributed by atoms with E-state index in [1.807, 2.05) is 12.1 Å². The molecule has 0 saturated carbocycles. The number of rotatable bonds is 8. The molecule has 8 heteroatoms. The van der Waals surface area contributed by atoms with Crippen LogP contribution in [0.25, 0.3) is 5.69 Å². The third-order valence-corrected chi connectivity index (χ3v) is 4.54. The molecule has 0 unspecified atom stereocenters. The Morgan fingerprint density at radius 2 is 1.90 bits per heavy atom. The third kappa shape index (κ3) is 4.83. The number of amides is 1. The van der Waals surface area contributed by atoms with Gasteiger partial charge in [-0.3, -0.25) is 4.79 Å². The first-order valence-corrected chi connectivity index (χ1v) is 9.91. The van der Waals surface area contributed by atoms with E-state index < -0.39 is 5.97 Å². The molecule has 0 aliphatic rings. The number of esters is 1. The van der Waals surface area contributed by atoms with Crippen LogP contribution in [0.4, 0.5) is 11.5 Å². The summed E-state index contributed by atoms with van der Waals surface area (Å²) < 4.78 is 6.52. The molecule has 156 valence electrons. The molecule has 0 bridgehead atoms. The van der Waals surface area contributed by atoms with Crippen LogP contribution in [0.15, 0.2) is 54.9 Å². The Hall–Kier alpha value is -3.68. The van der Waals surface area contributed by atoms with E-state index in [2.05, 4.69) is 34.1 Å². The van der Waals surface area contributed by atoms with E-state index in [-0.39, 0.29) is 18.2 Å². The molecule has 1 amide bonds. The summed E-state index contributed by atoms with van der Waals surface area (Å²) in [4.78, 5) is 30.9. The van der Waals surface area contributed by atoms with Crippen LogP contribution in [0.1, 0.15) is 41.6 Å². The van der Waals surface area contributed by atoms with E-state index in [9.17, 15) is 9.59 Å². The van der Waals surface area contributed by atoms with Gasteiger partial charge in [0.15, 0.2) is 5.69 Å². The second-order valence-electron chi connectivity index (χ2n) is 6.45. The van der Waals surface area contributed by atoms with Crippen LogP contribution in [-0.2, 0) is 4.74 Å². The lowest BCUT2D eigenvalue weighted by Gasteiger charge is -2.19. The molecule has 2 heterocycles. The van der Waals surface area contributed by atoms with Gasteiger partial charge in [0.25, 0.3) is 5.91 Å². The Morgan fingerprint density at radius 1 is 1.10 bits per heavy atom. The minimum Gasteiger partial charge on any atom is -0.461 e. The zero-order chi connectivity index (χ0) is 21.5. The summed E-state index contributed by atoms with van der Waals surface area (Å²) >= 11 is 0. The fourth-order valence-electron chi connectivity index (χ4n) is 2.97. The first-order valence-electron chi connectivity index (χ1n) is 9.91. The number of pyridine rings is 1. The lowest BCUT2D eigenvalue weighted by atomic mass is 10.2. The van der Waals surface area contributed by atoms with Crippen molar-refractivity contribution < 1.29 is 14.3 Å². The number of benzene rings is 1. The van der Waals surface area contributed by atoms with Crippen molar-refractivity contribution in [2.24, 2.45) is 0 Å². The third-order valence-electron chi connectivity index (χ3n) is 4.54. The zero-order valence-electron chi connectivity index (χ0n) is 17.3. The topological polar surface area (TPSA) is 89.4 Å². The minimum absolute atomic E-state index is 0.227. The van der Waals surface area contributed by atoms with Gasteiger partial charge in [0.05, 0.1) is 17.9 Å². The Kier molecular flexibility index (Phi) is 6.79. The molecule has 2 aromatic heterocycles. The molecule has 30 heavy (non-hydrogen) atoms. The second kappa shape index (κ2) is 9.69. The minimum atomic E-state index is -0.471. The number of hydrogen-bond acceptors (Lipinski definition) is 6. The smallest absolute Gasteiger partial charge is 0.358 e. The van der Waals surface area contributed by atoms with Crippen molar-refractivity contribution in [3.63, 3.8) is 0 Å².